The van der Waals surface area contributed by atoms with Gasteiger partial charge in [-0.25, -0.2) is 9.59 Å². The number of carbonyl (C=O) groups excluding carboxylic acids is 1. The number of aryl methyl sites for hydroxylation is 3. The molecular formula is C13H17N3O4. The Labute approximate surface area is 115 Å². The summed E-state index contributed by atoms with van der Waals surface area (Å²) < 4.78 is 8.92. The van der Waals surface area contributed by atoms with Crippen molar-refractivity contribution in [1.82, 2.24) is 13.7 Å². The van der Waals surface area contributed by atoms with Gasteiger partial charge in [0, 0.05) is 21.1 Å². The lowest BCUT2D eigenvalue weighted by Crippen LogP contribution is -2.37. The number of carbonyl (C=O) groups is 1. The molecule has 0 radical (unpaired) electrons. The molecule has 7 nitrogen and oxygen atoms in total. The third-order valence-electron chi connectivity index (χ3n) is 3.49. The molecule has 0 aromatic carbocycles. The van der Waals surface area contributed by atoms with Crippen LogP contribution in [-0.4, -0.2) is 26.3 Å². The molecule has 0 saturated carbocycles. The summed E-state index contributed by atoms with van der Waals surface area (Å²) in [4.78, 5) is 36.2. The van der Waals surface area contributed by atoms with E-state index >= 15 is 0 Å². The normalized spacial score (nSPS) is 11.1. The van der Waals surface area contributed by atoms with Crippen molar-refractivity contribution in [3.8, 4) is 0 Å². The topological polar surface area (TPSA) is 75.2 Å². The van der Waals surface area contributed by atoms with Gasteiger partial charge in [0.15, 0.2) is 0 Å². The molecule has 0 aliphatic heterocycles. The lowest BCUT2D eigenvalue weighted by molar-refractivity contribution is 0.0515. The fourth-order valence-electron chi connectivity index (χ4n) is 2.52. The molecule has 2 aromatic rings. The first-order valence-corrected chi connectivity index (χ1v) is 6.25. The van der Waals surface area contributed by atoms with Gasteiger partial charge in [-0.1, -0.05) is 0 Å². The summed E-state index contributed by atoms with van der Waals surface area (Å²) in [5.74, 6) is -0.502. The third-order valence-corrected chi connectivity index (χ3v) is 3.49. The molecule has 2 rings (SSSR count). The van der Waals surface area contributed by atoms with E-state index in [1.807, 2.05) is 0 Å². The minimum atomic E-state index is -0.502. The Morgan fingerprint density at radius 2 is 1.70 bits per heavy atom. The average molecular weight is 279 g/mol. The predicted octanol–water partition coefficient (Wildman–Crippen LogP) is 0.0608. The van der Waals surface area contributed by atoms with Crippen molar-refractivity contribution in [2.75, 3.05) is 6.61 Å². The lowest BCUT2D eigenvalue weighted by atomic mass is 10.2. The molecule has 0 unspecified atom stereocenters. The van der Waals surface area contributed by atoms with Crippen molar-refractivity contribution in [3.63, 3.8) is 0 Å². The molecule has 0 saturated heterocycles. The molecular weight excluding hydrogens is 262 g/mol. The van der Waals surface area contributed by atoms with Gasteiger partial charge in [-0.15, -0.1) is 0 Å². The summed E-state index contributed by atoms with van der Waals surface area (Å²) in [6.45, 7) is 3.64. The molecule has 0 aliphatic carbocycles. The van der Waals surface area contributed by atoms with Crippen LogP contribution >= 0.6 is 0 Å². The van der Waals surface area contributed by atoms with Crippen LogP contribution in [0.1, 0.15) is 23.0 Å². The highest BCUT2D eigenvalue weighted by molar-refractivity contribution is 5.97. The summed E-state index contributed by atoms with van der Waals surface area (Å²) in [6.07, 6.45) is 0. The van der Waals surface area contributed by atoms with Crippen LogP contribution in [0.3, 0.4) is 0 Å². The van der Waals surface area contributed by atoms with E-state index in [1.165, 1.54) is 16.2 Å². The SMILES string of the molecule is CCOC(=O)c1c(C)c2c(=O)n(C)c(=O)n(C)c2n1C. The van der Waals surface area contributed by atoms with Crippen molar-refractivity contribution in [1.29, 1.82) is 0 Å². The van der Waals surface area contributed by atoms with E-state index < -0.39 is 17.2 Å². The summed E-state index contributed by atoms with van der Waals surface area (Å²) >= 11 is 0. The number of fused-ring (bicyclic) bond motifs is 1. The molecule has 7 heteroatoms. The highest BCUT2D eigenvalue weighted by atomic mass is 16.5. The van der Waals surface area contributed by atoms with Crippen molar-refractivity contribution in [2.24, 2.45) is 21.1 Å². The summed E-state index contributed by atoms with van der Waals surface area (Å²) in [5.41, 5.74) is 0.390. The standard InChI is InChI=1S/C13H17N3O4/c1-6-20-12(18)9-7(2)8-10(14(9)3)15(4)13(19)16(5)11(8)17/h6H2,1-5H3. The van der Waals surface area contributed by atoms with E-state index in [-0.39, 0.29) is 6.61 Å². The Kier molecular flexibility index (Phi) is 3.29. The first kappa shape index (κ1) is 14.1. The van der Waals surface area contributed by atoms with Gasteiger partial charge in [-0.2, -0.15) is 0 Å². The van der Waals surface area contributed by atoms with Crippen molar-refractivity contribution in [3.05, 3.63) is 32.1 Å². The number of rotatable bonds is 2. The predicted molar refractivity (Wildman–Crippen MR) is 74.1 cm³/mol. The van der Waals surface area contributed by atoms with E-state index in [1.54, 1.807) is 27.9 Å². The summed E-state index contributed by atoms with van der Waals surface area (Å²) in [6, 6.07) is 0. The second kappa shape index (κ2) is 4.66. The Balaban J connectivity index is 3.01. The minimum Gasteiger partial charge on any atom is -0.461 e. The molecule has 0 atom stereocenters. The molecule has 2 aromatic heterocycles. The smallest absolute Gasteiger partial charge is 0.355 e. The van der Waals surface area contributed by atoms with Crippen molar-refractivity contribution in [2.45, 2.75) is 13.8 Å². The number of nitrogens with zero attached hydrogens (tertiary/aromatic N) is 3. The average Bonchev–Trinajstić information content (AvgIpc) is 2.66. The van der Waals surface area contributed by atoms with E-state index in [0.717, 1.165) is 4.57 Å². The number of aromatic nitrogens is 3. The van der Waals surface area contributed by atoms with Crippen LogP contribution in [0.15, 0.2) is 9.59 Å². The van der Waals surface area contributed by atoms with E-state index in [4.69, 9.17) is 4.74 Å². The van der Waals surface area contributed by atoms with E-state index in [2.05, 4.69) is 0 Å². The Morgan fingerprint density at radius 1 is 1.10 bits per heavy atom. The lowest BCUT2D eigenvalue weighted by Gasteiger charge is -2.07. The van der Waals surface area contributed by atoms with Crippen LogP contribution in [-0.2, 0) is 25.9 Å². The first-order chi connectivity index (χ1) is 9.32. The number of hydrogen-bond donors (Lipinski definition) is 0. The van der Waals surface area contributed by atoms with Gasteiger partial charge in [0.05, 0.1) is 12.0 Å². The maximum Gasteiger partial charge on any atom is 0.355 e. The number of hydrogen-bond acceptors (Lipinski definition) is 4. The minimum absolute atomic E-state index is 0.247. The van der Waals surface area contributed by atoms with Gasteiger partial charge in [0.25, 0.3) is 5.56 Å². The highest BCUT2D eigenvalue weighted by Gasteiger charge is 2.24. The summed E-state index contributed by atoms with van der Waals surface area (Å²) in [7, 11) is 4.62. The van der Waals surface area contributed by atoms with Gasteiger partial charge in [-0.05, 0) is 19.4 Å². The van der Waals surface area contributed by atoms with E-state index in [9.17, 15) is 14.4 Å². The largest absolute Gasteiger partial charge is 0.461 e. The maximum absolute atomic E-state index is 12.3. The van der Waals surface area contributed by atoms with Crippen LogP contribution in [0.2, 0.25) is 0 Å². The van der Waals surface area contributed by atoms with Gasteiger partial charge >= 0.3 is 11.7 Å². The van der Waals surface area contributed by atoms with Gasteiger partial charge in [0.2, 0.25) is 0 Å². The second-order valence-electron chi connectivity index (χ2n) is 4.66. The van der Waals surface area contributed by atoms with Gasteiger partial charge < -0.3 is 9.30 Å². The number of ether oxygens (including phenoxy) is 1. The zero-order valence-corrected chi connectivity index (χ0v) is 12.2. The first-order valence-electron chi connectivity index (χ1n) is 6.25. The Morgan fingerprint density at radius 3 is 2.25 bits per heavy atom. The summed E-state index contributed by atoms with van der Waals surface area (Å²) in [5, 5.41) is 0.361. The Bertz CT molecular complexity index is 823. The van der Waals surface area contributed by atoms with Crippen LogP contribution in [0, 0.1) is 6.92 Å². The molecule has 0 N–H and O–H groups in total. The molecule has 20 heavy (non-hydrogen) atoms. The maximum atomic E-state index is 12.3. The van der Waals surface area contributed by atoms with Crippen molar-refractivity contribution < 1.29 is 9.53 Å². The zero-order chi connectivity index (χ0) is 15.2. The monoisotopic (exact) mass is 279 g/mol. The highest BCUT2D eigenvalue weighted by Crippen LogP contribution is 2.21. The number of esters is 1. The Hall–Kier alpha value is -2.31. The van der Waals surface area contributed by atoms with Crippen LogP contribution in [0.25, 0.3) is 11.0 Å². The van der Waals surface area contributed by atoms with Crippen LogP contribution in [0.4, 0.5) is 0 Å². The van der Waals surface area contributed by atoms with Gasteiger partial charge in [-0.3, -0.25) is 13.9 Å². The molecule has 0 aliphatic rings. The fraction of sp³-hybridized carbons (Fsp3) is 0.462. The molecule has 0 amide bonds. The van der Waals surface area contributed by atoms with Crippen LogP contribution < -0.4 is 11.2 Å². The fourth-order valence-corrected chi connectivity index (χ4v) is 2.52. The van der Waals surface area contributed by atoms with Gasteiger partial charge in [0.1, 0.15) is 11.3 Å². The molecule has 2 heterocycles. The molecule has 0 spiro atoms. The molecule has 0 bridgehead atoms. The zero-order valence-electron chi connectivity index (χ0n) is 12.2. The van der Waals surface area contributed by atoms with Crippen LogP contribution in [0.5, 0.6) is 0 Å². The molecule has 108 valence electrons. The molecule has 0 fully saturated rings. The quantitative estimate of drug-likeness (QED) is 0.729. The van der Waals surface area contributed by atoms with E-state index in [0.29, 0.717) is 22.3 Å². The third kappa shape index (κ3) is 1.70. The van der Waals surface area contributed by atoms with Crippen molar-refractivity contribution >= 4 is 17.0 Å². The second-order valence-corrected chi connectivity index (χ2v) is 4.66.